The van der Waals surface area contributed by atoms with E-state index in [1.807, 2.05) is 6.92 Å². The average molecular weight is 220 g/mol. The highest BCUT2D eigenvalue weighted by Gasteiger charge is 2.21. The average Bonchev–Trinajstić information content (AvgIpc) is 2.28. The standard InChI is InChI=1S/C13H20N2O/c1-4-16-11-6-5-10-8-14-9-13(15(2)3)12(10)7-11/h5-7,13-14H,4,8-9H2,1-3H3/t13-/m1/s1. The second-order valence-electron chi connectivity index (χ2n) is 4.40. The van der Waals surface area contributed by atoms with Crippen LogP contribution in [0, 0.1) is 0 Å². The van der Waals surface area contributed by atoms with E-state index in [1.54, 1.807) is 0 Å². The van der Waals surface area contributed by atoms with Crippen molar-refractivity contribution >= 4 is 0 Å². The molecule has 1 aromatic rings. The van der Waals surface area contributed by atoms with Crippen molar-refractivity contribution in [1.29, 1.82) is 0 Å². The van der Waals surface area contributed by atoms with Crippen LogP contribution >= 0.6 is 0 Å². The lowest BCUT2D eigenvalue weighted by Gasteiger charge is -2.31. The largest absolute Gasteiger partial charge is 0.494 e. The lowest BCUT2D eigenvalue weighted by atomic mass is 9.96. The molecular weight excluding hydrogens is 200 g/mol. The van der Waals surface area contributed by atoms with Crippen molar-refractivity contribution in [3.63, 3.8) is 0 Å². The van der Waals surface area contributed by atoms with Gasteiger partial charge in [0, 0.05) is 19.1 Å². The van der Waals surface area contributed by atoms with Crippen LogP contribution < -0.4 is 10.1 Å². The molecule has 1 N–H and O–H groups in total. The molecule has 1 aromatic carbocycles. The van der Waals surface area contributed by atoms with E-state index in [9.17, 15) is 0 Å². The molecule has 3 nitrogen and oxygen atoms in total. The molecule has 0 amide bonds. The number of hydrogen-bond acceptors (Lipinski definition) is 3. The van der Waals surface area contributed by atoms with Gasteiger partial charge in [-0.05, 0) is 44.3 Å². The molecule has 0 radical (unpaired) electrons. The number of nitrogens with zero attached hydrogens (tertiary/aromatic N) is 1. The van der Waals surface area contributed by atoms with E-state index in [1.165, 1.54) is 11.1 Å². The number of likely N-dealkylation sites (N-methyl/N-ethyl adjacent to an activating group) is 1. The SMILES string of the molecule is CCOc1ccc2c(c1)[C@H](N(C)C)CNC2. The lowest BCUT2D eigenvalue weighted by Crippen LogP contribution is -2.35. The predicted octanol–water partition coefficient (Wildman–Crippen LogP) is 1.79. The topological polar surface area (TPSA) is 24.5 Å². The third-order valence-electron chi connectivity index (χ3n) is 3.06. The highest BCUT2D eigenvalue weighted by atomic mass is 16.5. The highest BCUT2D eigenvalue weighted by molar-refractivity contribution is 5.39. The van der Waals surface area contributed by atoms with E-state index >= 15 is 0 Å². The Kier molecular flexibility index (Phi) is 3.46. The Hall–Kier alpha value is -1.06. The van der Waals surface area contributed by atoms with E-state index in [-0.39, 0.29) is 0 Å². The van der Waals surface area contributed by atoms with Crippen molar-refractivity contribution in [1.82, 2.24) is 10.2 Å². The van der Waals surface area contributed by atoms with Crippen LogP contribution in [0.25, 0.3) is 0 Å². The van der Waals surface area contributed by atoms with Gasteiger partial charge in [-0.2, -0.15) is 0 Å². The molecule has 0 saturated heterocycles. The van der Waals surface area contributed by atoms with Gasteiger partial charge >= 0.3 is 0 Å². The smallest absolute Gasteiger partial charge is 0.119 e. The number of nitrogens with one attached hydrogen (secondary N) is 1. The van der Waals surface area contributed by atoms with Crippen molar-refractivity contribution in [2.24, 2.45) is 0 Å². The van der Waals surface area contributed by atoms with Crippen molar-refractivity contribution in [3.8, 4) is 5.75 Å². The van der Waals surface area contributed by atoms with Gasteiger partial charge in [-0.1, -0.05) is 6.07 Å². The van der Waals surface area contributed by atoms with Gasteiger partial charge in [0.05, 0.1) is 6.61 Å². The Morgan fingerprint density at radius 1 is 1.44 bits per heavy atom. The fraction of sp³-hybridized carbons (Fsp3) is 0.538. The Morgan fingerprint density at radius 2 is 2.25 bits per heavy atom. The molecule has 2 rings (SSSR count). The Morgan fingerprint density at radius 3 is 2.94 bits per heavy atom. The Labute approximate surface area is 97.4 Å². The molecule has 1 atom stereocenters. The zero-order valence-corrected chi connectivity index (χ0v) is 10.3. The first-order valence-corrected chi connectivity index (χ1v) is 5.85. The van der Waals surface area contributed by atoms with Crippen molar-refractivity contribution in [2.45, 2.75) is 19.5 Å². The summed E-state index contributed by atoms with van der Waals surface area (Å²) in [6.07, 6.45) is 0. The maximum atomic E-state index is 5.56. The molecule has 0 aromatic heterocycles. The Balaban J connectivity index is 2.32. The predicted molar refractivity (Wildman–Crippen MR) is 65.7 cm³/mol. The number of benzene rings is 1. The third-order valence-corrected chi connectivity index (χ3v) is 3.06. The number of ether oxygens (including phenoxy) is 1. The van der Waals surface area contributed by atoms with Crippen LogP contribution in [-0.2, 0) is 6.54 Å². The maximum Gasteiger partial charge on any atom is 0.119 e. The van der Waals surface area contributed by atoms with Crippen LogP contribution in [0.5, 0.6) is 5.75 Å². The minimum absolute atomic E-state index is 0.448. The van der Waals surface area contributed by atoms with Gasteiger partial charge in [0.1, 0.15) is 5.75 Å². The molecule has 3 heteroatoms. The molecule has 88 valence electrons. The fourth-order valence-corrected chi connectivity index (χ4v) is 2.21. The van der Waals surface area contributed by atoms with Gasteiger partial charge in [-0.25, -0.2) is 0 Å². The van der Waals surface area contributed by atoms with Crippen molar-refractivity contribution in [2.75, 3.05) is 27.2 Å². The van der Waals surface area contributed by atoms with Crippen LogP contribution in [0.15, 0.2) is 18.2 Å². The summed E-state index contributed by atoms with van der Waals surface area (Å²) < 4.78 is 5.56. The molecule has 0 spiro atoms. The summed E-state index contributed by atoms with van der Waals surface area (Å²) in [6, 6.07) is 6.86. The van der Waals surface area contributed by atoms with Gasteiger partial charge in [0.25, 0.3) is 0 Å². The van der Waals surface area contributed by atoms with Crippen LogP contribution in [0.3, 0.4) is 0 Å². The zero-order valence-electron chi connectivity index (χ0n) is 10.3. The third kappa shape index (κ3) is 2.20. The van der Waals surface area contributed by atoms with Gasteiger partial charge in [-0.15, -0.1) is 0 Å². The molecule has 16 heavy (non-hydrogen) atoms. The number of rotatable bonds is 3. The number of hydrogen-bond donors (Lipinski definition) is 1. The summed E-state index contributed by atoms with van der Waals surface area (Å²) in [5, 5.41) is 3.44. The normalized spacial score (nSPS) is 19.6. The monoisotopic (exact) mass is 220 g/mol. The second-order valence-corrected chi connectivity index (χ2v) is 4.40. The molecule has 0 bridgehead atoms. The van der Waals surface area contributed by atoms with E-state index in [2.05, 4.69) is 42.5 Å². The van der Waals surface area contributed by atoms with E-state index in [0.29, 0.717) is 6.04 Å². The summed E-state index contributed by atoms with van der Waals surface area (Å²) in [5.74, 6) is 0.981. The van der Waals surface area contributed by atoms with Gasteiger partial charge in [-0.3, -0.25) is 0 Å². The second kappa shape index (κ2) is 4.85. The molecule has 0 fully saturated rings. The molecule has 1 aliphatic rings. The zero-order chi connectivity index (χ0) is 11.5. The fourth-order valence-electron chi connectivity index (χ4n) is 2.21. The summed E-state index contributed by atoms with van der Waals surface area (Å²) in [6.45, 7) is 4.72. The van der Waals surface area contributed by atoms with Crippen LogP contribution in [0.4, 0.5) is 0 Å². The van der Waals surface area contributed by atoms with Crippen molar-refractivity contribution in [3.05, 3.63) is 29.3 Å². The van der Waals surface area contributed by atoms with Crippen LogP contribution in [0.1, 0.15) is 24.1 Å². The summed E-state index contributed by atoms with van der Waals surface area (Å²) in [4.78, 5) is 2.25. The first kappa shape index (κ1) is 11.4. The van der Waals surface area contributed by atoms with Crippen molar-refractivity contribution < 1.29 is 4.74 Å². The lowest BCUT2D eigenvalue weighted by molar-refractivity contribution is 0.273. The molecule has 0 aliphatic carbocycles. The first-order chi connectivity index (χ1) is 7.72. The van der Waals surface area contributed by atoms with Gasteiger partial charge in [0.15, 0.2) is 0 Å². The van der Waals surface area contributed by atoms with Gasteiger partial charge in [0.2, 0.25) is 0 Å². The molecule has 1 heterocycles. The summed E-state index contributed by atoms with van der Waals surface area (Å²) in [7, 11) is 4.24. The molecule has 0 unspecified atom stereocenters. The first-order valence-electron chi connectivity index (χ1n) is 5.85. The minimum Gasteiger partial charge on any atom is -0.494 e. The van der Waals surface area contributed by atoms with Crippen LogP contribution in [0.2, 0.25) is 0 Å². The minimum atomic E-state index is 0.448. The molecule has 1 aliphatic heterocycles. The molecular formula is C13H20N2O. The van der Waals surface area contributed by atoms with E-state index < -0.39 is 0 Å². The quantitative estimate of drug-likeness (QED) is 0.840. The maximum absolute atomic E-state index is 5.56. The van der Waals surface area contributed by atoms with Gasteiger partial charge < -0.3 is 15.0 Å². The summed E-state index contributed by atoms with van der Waals surface area (Å²) in [5.41, 5.74) is 2.78. The van der Waals surface area contributed by atoms with Crippen LogP contribution in [-0.4, -0.2) is 32.1 Å². The van der Waals surface area contributed by atoms with E-state index in [0.717, 1.165) is 25.4 Å². The highest BCUT2D eigenvalue weighted by Crippen LogP contribution is 2.29. The number of fused-ring (bicyclic) bond motifs is 1. The Bertz CT molecular complexity index is 363. The van der Waals surface area contributed by atoms with E-state index in [4.69, 9.17) is 4.74 Å². The molecule has 0 saturated carbocycles. The summed E-state index contributed by atoms with van der Waals surface area (Å²) >= 11 is 0.